The number of anilines is 1. The molecule has 0 unspecified atom stereocenters. The Morgan fingerprint density at radius 1 is 0.905 bits per heavy atom. The molecule has 0 amide bonds. The number of hydrogen-bond acceptors (Lipinski definition) is 3. The van der Waals surface area contributed by atoms with Crippen molar-refractivity contribution < 1.29 is 4.52 Å². The van der Waals surface area contributed by atoms with E-state index in [2.05, 4.69) is 43.3 Å². The second-order valence-electron chi connectivity index (χ2n) is 5.41. The van der Waals surface area contributed by atoms with Crippen molar-refractivity contribution in [3.05, 3.63) is 60.2 Å². The third-order valence-corrected chi connectivity index (χ3v) is 3.62. The first kappa shape index (κ1) is 13.4. The van der Waals surface area contributed by atoms with Crippen LogP contribution in [0.25, 0.3) is 22.5 Å². The Morgan fingerprint density at radius 2 is 1.57 bits per heavy atom. The van der Waals surface area contributed by atoms with Crippen LogP contribution in [0.1, 0.15) is 25.3 Å². The molecule has 106 valence electrons. The second kappa shape index (κ2) is 5.44. The van der Waals surface area contributed by atoms with Crippen LogP contribution in [0.2, 0.25) is 0 Å². The summed E-state index contributed by atoms with van der Waals surface area (Å²) in [5, 5.41) is 3.93. The highest BCUT2D eigenvalue weighted by Crippen LogP contribution is 2.36. The first-order valence-electron chi connectivity index (χ1n) is 7.07. The summed E-state index contributed by atoms with van der Waals surface area (Å²) in [5.41, 5.74) is 10.2. The van der Waals surface area contributed by atoms with Gasteiger partial charge in [-0.15, -0.1) is 0 Å². The molecule has 1 heterocycles. The highest BCUT2D eigenvalue weighted by Gasteiger charge is 2.17. The summed E-state index contributed by atoms with van der Waals surface area (Å²) >= 11 is 0. The molecule has 0 saturated carbocycles. The van der Waals surface area contributed by atoms with Crippen LogP contribution in [-0.4, -0.2) is 5.16 Å². The normalized spacial score (nSPS) is 11.0. The molecule has 3 rings (SSSR count). The Kier molecular flexibility index (Phi) is 3.48. The van der Waals surface area contributed by atoms with Gasteiger partial charge in [0.15, 0.2) is 11.6 Å². The smallest absolute Gasteiger partial charge is 0.176 e. The predicted octanol–water partition coefficient (Wildman–Crippen LogP) is 4.71. The van der Waals surface area contributed by atoms with Gasteiger partial charge < -0.3 is 10.3 Å². The average molecular weight is 278 g/mol. The summed E-state index contributed by atoms with van der Waals surface area (Å²) in [5.74, 6) is 1.64. The number of hydrogen-bond donors (Lipinski definition) is 1. The van der Waals surface area contributed by atoms with Crippen molar-refractivity contribution in [3.8, 4) is 22.5 Å². The largest absolute Gasteiger partial charge is 0.380 e. The van der Waals surface area contributed by atoms with E-state index in [9.17, 15) is 0 Å². The van der Waals surface area contributed by atoms with Crippen LogP contribution < -0.4 is 5.73 Å². The molecule has 0 saturated heterocycles. The summed E-state index contributed by atoms with van der Waals surface area (Å²) in [6.45, 7) is 4.36. The zero-order valence-electron chi connectivity index (χ0n) is 12.2. The van der Waals surface area contributed by atoms with Gasteiger partial charge in [-0.3, -0.25) is 0 Å². The van der Waals surface area contributed by atoms with Crippen molar-refractivity contribution in [2.24, 2.45) is 0 Å². The molecular formula is C18H18N2O. The quantitative estimate of drug-likeness (QED) is 0.754. The van der Waals surface area contributed by atoms with Crippen LogP contribution in [0.15, 0.2) is 59.1 Å². The number of rotatable bonds is 3. The highest BCUT2D eigenvalue weighted by molar-refractivity contribution is 5.86. The van der Waals surface area contributed by atoms with Gasteiger partial charge in [-0.1, -0.05) is 73.6 Å². The molecule has 3 nitrogen and oxygen atoms in total. The molecule has 2 N–H and O–H groups in total. The molecule has 0 aliphatic heterocycles. The summed E-state index contributed by atoms with van der Waals surface area (Å²) in [6.07, 6.45) is 0. The van der Waals surface area contributed by atoms with Gasteiger partial charge in [0, 0.05) is 5.56 Å². The maximum Gasteiger partial charge on any atom is 0.176 e. The number of nitrogens with two attached hydrogens (primary N) is 1. The monoisotopic (exact) mass is 278 g/mol. The van der Waals surface area contributed by atoms with Crippen LogP contribution in [-0.2, 0) is 0 Å². The van der Waals surface area contributed by atoms with Crippen molar-refractivity contribution in [2.75, 3.05) is 5.73 Å². The molecule has 3 heteroatoms. The van der Waals surface area contributed by atoms with Crippen LogP contribution in [0.4, 0.5) is 5.82 Å². The zero-order chi connectivity index (χ0) is 14.8. The van der Waals surface area contributed by atoms with E-state index in [4.69, 9.17) is 10.3 Å². The highest BCUT2D eigenvalue weighted by atomic mass is 16.5. The molecule has 0 bridgehead atoms. The van der Waals surface area contributed by atoms with Crippen molar-refractivity contribution >= 4 is 5.82 Å². The summed E-state index contributed by atoms with van der Waals surface area (Å²) in [4.78, 5) is 0. The van der Waals surface area contributed by atoms with Gasteiger partial charge >= 0.3 is 0 Å². The maximum absolute atomic E-state index is 6.00. The van der Waals surface area contributed by atoms with Gasteiger partial charge in [-0.05, 0) is 17.0 Å². The lowest BCUT2D eigenvalue weighted by atomic mass is 9.97. The van der Waals surface area contributed by atoms with Crippen LogP contribution in [0.3, 0.4) is 0 Å². The second-order valence-corrected chi connectivity index (χ2v) is 5.41. The topological polar surface area (TPSA) is 52.0 Å². The minimum absolute atomic E-state index is 0.422. The Morgan fingerprint density at radius 3 is 2.19 bits per heavy atom. The molecule has 0 aliphatic carbocycles. The van der Waals surface area contributed by atoms with Crippen molar-refractivity contribution in [2.45, 2.75) is 19.8 Å². The molecule has 3 aromatic rings. The molecule has 0 aliphatic rings. The van der Waals surface area contributed by atoms with Crippen LogP contribution in [0, 0.1) is 0 Å². The fourth-order valence-electron chi connectivity index (χ4n) is 2.40. The fourth-order valence-corrected chi connectivity index (χ4v) is 2.40. The molecule has 0 atom stereocenters. The molecule has 0 spiro atoms. The summed E-state index contributed by atoms with van der Waals surface area (Å²) < 4.78 is 5.44. The first-order valence-corrected chi connectivity index (χ1v) is 7.07. The van der Waals surface area contributed by atoms with Gasteiger partial charge in [0.2, 0.25) is 0 Å². The summed E-state index contributed by atoms with van der Waals surface area (Å²) in [7, 11) is 0. The first-order chi connectivity index (χ1) is 10.2. The average Bonchev–Trinajstić information content (AvgIpc) is 2.90. The van der Waals surface area contributed by atoms with E-state index in [1.807, 2.05) is 30.3 Å². The van der Waals surface area contributed by atoms with Crippen molar-refractivity contribution in [1.82, 2.24) is 5.16 Å². The van der Waals surface area contributed by atoms with E-state index < -0.39 is 0 Å². The maximum atomic E-state index is 6.00. The molecular weight excluding hydrogens is 260 g/mol. The SMILES string of the molecule is CC(C)c1ccc(-c2c(N)noc2-c2ccccc2)cc1. The van der Waals surface area contributed by atoms with E-state index in [1.54, 1.807) is 0 Å². The standard InChI is InChI=1S/C18H18N2O/c1-12(2)13-8-10-14(11-9-13)16-17(21-20-18(16)19)15-6-4-3-5-7-15/h3-12H,1-2H3,(H2,19,20). The van der Waals surface area contributed by atoms with Gasteiger partial charge in [-0.25, -0.2) is 0 Å². The molecule has 0 fully saturated rings. The Balaban J connectivity index is 2.08. The minimum Gasteiger partial charge on any atom is -0.380 e. The molecule has 21 heavy (non-hydrogen) atoms. The van der Waals surface area contributed by atoms with Gasteiger partial charge in [0.1, 0.15) is 0 Å². The lowest BCUT2D eigenvalue weighted by Gasteiger charge is -2.07. The lowest BCUT2D eigenvalue weighted by molar-refractivity contribution is 0.436. The number of benzene rings is 2. The van der Waals surface area contributed by atoms with E-state index in [0.29, 0.717) is 17.5 Å². The zero-order valence-corrected chi connectivity index (χ0v) is 12.2. The Labute approximate surface area is 124 Å². The third kappa shape index (κ3) is 2.55. The minimum atomic E-state index is 0.422. The van der Waals surface area contributed by atoms with E-state index in [1.165, 1.54) is 5.56 Å². The Hall–Kier alpha value is -2.55. The van der Waals surface area contributed by atoms with E-state index >= 15 is 0 Å². The predicted molar refractivity (Wildman–Crippen MR) is 85.9 cm³/mol. The summed E-state index contributed by atoms with van der Waals surface area (Å²) in [6, 6.07) is 18.3. The molecule has 2 aromatic carbocycles. The number of aromatic nitrogens is 1. The van der Waals surface area contributed by atoms with Crippen LogP contribution in [0.5, 0.6) is 0 Å². The lowest BCUT2D eigenvalue weighted by Crippen LogP contribution is -1.90. The van der Waals surface area contributed by atoms with Crippen LogP contribution >= 0.6 is 0 Å². The molecule has 0 radical (unpaired) electrons. The fraction of sp³-hybridized carbons (Fsp3) is 0.167. The van der Waals surface area contributed by atoms with E-state index in [-0.39, 0.29) is 0 Å². The number of nitrogens with zero attached hydrogens (tertiary/aromatic N) is 1. The number of nitrogen functional groups attached to an aromatic ring is 1. The van der Waals surface area contributed by atoms with Gasteiger partial charge in [0.05, 0.1) is 5.56 Å². The van der Waals surface area contributed by atoms with Gasteiger partial charge in [0.25, 0.3) is 0 Å². The third-order valence-electron chi connectivity index (χ3n) is 3.62. The van der Waals surface area contributed by atoms with E-state index in [0.717, 1.165) is 16.7 Å². The molecule has 1 aromatic heterocycles. The van der Waals surface area contributed by atoms with Crippen molar-refractivity contribution in [1.29, 1.82) is 0 Å². The van der Waals surface area contributed by atoms with Crippen molar-refractivity contribution in [3.63, 3.8) is 0 Å². The van der Waals surface area contributed by atoms with Gasteiger partial charge in [-0.2, -0.15) is 0 Å². The Bertz CT molecular complexity index is 728.